The second-order valence-electron chi connectivity index (χ2n) is 30.2. The van der Waals surface area contributed by atoms with E-state index in [0.29, 0.717) is 31.6 Å². The van der Waals surface area contributed by atoms with Crippen LogP contribution in [0.5, 0.6) is 0 Å². The predicted molar refractivity (Wildman–Crippen MR) is 405 cm³/mol. The Morgan fingerprint density at radius 3 is 0.687 bits per heavy atom. The van der Waals surface area contributed by atoms with E-state index in [1.54, 1.807) is 0 Å². The van der Waals surface area contributed by atoms with Gasteiger partial charge in [0, 0.05) is 25.7 Å². The average molecular weight is 1450 g/mol. The number of unbranched alkanes of at least 4 members (excludes halogenated alkanes) is 46. The summed E-state index contributed by atoms with van der Waals surface area (Å²) in [5, 5.41) is 10.6. The second kappa shape index (κ2) is 70.4. The van der Waals surface area contributed by atoms with Crippen LogP contribution in [-0.4, -0.2) is 96.7 Å². The van der Waals surface area contributed by atoms with Crippen molar-refractivity contribution in [2.45, 2.75) is 433 Å². The number of phosphoric ester groups is 2. The van der Waals surface area contributed by atoms with E-state index in [-0.39, 0.29) is 25.7 Å². The van der Waals surface area contributed by atoms with Crippen LogP contribution in [0.25, 0.3) is 0 Å². The number of carbonyl (C=O) groups excluding carboxylic acids is 4. The molecule has 0 spiro atoms. The molecule has 0 radical (unpaired) electrons. The predicted octanol–water partition coefficient (Wildman–Crippen LogP) is 23.7. The lowest BCUT2D eigenvalue weighted by Gasteiger charge is -2.21. The number of rotatable bonds is 78. The third-order valence-corrected chi connectivity index (χ3v) is 20.5. The molecule has 99 heavy (non-hydrogen) atoms. The molecule has 588 valence electrons. The standard InChI is InChI=1S/C80H156O17P2/c1-8-9-10-11-12-13-26-34-41-49-56-63-79(84)97-76(68-91-78(83)62-55-48-43-36-39-46-53-60-73(6)7)70-95-99(88,89)93-66-74(81)65-92-98(86,87)94-69-75(96-80(85)64-57-50-42-35-30-25-21-17-15-19-23-28-32-38-45-52-59-72(4)5)67-90-77(82)61-54-47-40-33-29-24-20-16-14-18-22-27-31-37-44-51-58-71(2)3/h71-76,81H,8-70H2,1-7H3,(H,86,87)(H,88,89)/t74-,75-,76-/m1/s1. The van der Waals surface area contributed by atoms with Crippen molar-refractivity contribution >= 4 is 39.5 Å². The molecule has 0 bridgehead atoms. The molecule has 5 atom stereocenters. The SMILES string of the molecule is CCCCCCCCCCCCCC(=O)O[C@H](COC(=O)CCCCCCCCCC(C)C)COP(=O)(O)OC[C@H](O)COP(=O)(O)OC[C@@H](COC(=O)CCCCCCCCCCCCCCCCCCC(C)C)OC(=O)CCCCCCCCCCCCCCCCCCC(C)C. The number of hydrogen-bond donors (Lipinski definition) is 3. The fraction of sp³-hybridized carbons (Fsp3) is 0.950. The first-order valence-electron chi connectivity index (χ1n) is 41.3. The largest absolute Gasteiger partial charge is 0.472 e. The fourth-order valence-corrected chi connectivity index (χ4v) is 13.9. The van der Waals surface area contributed by atoms with Gasteiger partial charge in [-0.3, -0.25) is 37.3 Å². The van der Waals surface area contributed by atoms with Crippen molar-refractivity contribution < 1.29 is 80.2 Å². The average Bonchev–Trinajstić information content (AvgIpc) is 0.977. The lowest BCUT2D eigenvalue weighted by Crippen LogP contribution is -2.30. The van der Waals surface area contributed by atoms with Crippen molar-refractivity contribution in [3.8, 4) is 0 Å². The molecule has 0 saturated carbocycles. The minimum absolute atomic E-state index is 0.106. The van der Waals surface area contributed by atoms with Crippen LogP contribution in [0.2, 0.25) is 0 Å². The second-order valence-corrected chi connectivity index (χ2v) is 33.1. The first-order chi connectivity index (χ1) is 47.7. The maximum Gasteiger partial charge on any atom is 0.472 e. The Labute approximate surface area is 607 Å². The van der Waals surface area contributed by atoms with Crippen LogP contribution >= 0.6 is 15.6 Å². The summed E-state index contributed by atoms with van der Waals surface area (Å²) < 4.78 is 68.6. The van der Waals surface area contributed by atoms with Gasteiger partial charge in [0.1, 0.15) is 19.3 Å². The summed E-state index contributed by atoms with van der Waals surface area (Å²) >= 11 is 0. The van der Waals surface area contributed by atoms with Gasteiger partial charge < -0.3 is 33.8 Å². The topological polar surface area (TPSA) is 237 Å². The van der Waals surface area contributed by atoms with E-state index in [9.17, 15) is 43.2 Å². The van der Waals surface area contributed by atoms with Gasteiger partial charge in [0.2, 0.25) is 0 Å². The van der Waals surface area contributed by atoms with Gasteiger partial charge in [-0.1, -0.05) is 363 Å². The zero-order chi connectivity index (χ0) is 73.0. The minimum atomic E-state index is -4.96. The summed E-state index contributed by atoms with van der Waals surface area (Å²) in [4.78, 5) is 72.9. The van der Waals surface area contributed by atoms with Crippen molar-refractivity contribution in [2.75, 3.05) is 39.6 Å². The Morgan fingerprint density at radius 2 is 0.465 bits per heavy atom. The zero-order valence-electron chi connectivity index (χ0n) is 65.0. The van der Waals surface area contributed by atoms with Gasteiger partial charge in [-0.05, 0) is 43.4 Å². The molecule has 0 aromatic rings. The maximum atomic E-state index is 13.1. The number of ether oxygens (including phenoxy) is 4. The van der Waals surface area contributed by atoms with Gasteiger partial charge >= 0.3 is 39.5 Å². The summed E-state index contributed by atoms with van der Waals surface area (Å²) in [6.45, 7) is 11.9. The number of esters is 4. The lowest BCUT2D eigenvalue weighted by molar-refractivity contribution is -0.161. The minimum Gasteiger partial charge on any atom is -0.462 e. The van der Waals surface area contributed by atoms with Gasteiger partial charge in [0.15, 0.2) is 12.2 Å². The van der Waals surface area contributed by atoms with Crippen LogP contribution in [0.1, 0.15) is 414 Å². The highest BCUT2D eigenvalue weighted by Crippen LogP contribution is 2.45. The Morgan fingerprint density at radius 1 is 0.273 bits per heavy atom. The molecular weight excluding hydrogens is 1290 g/mol. The van der Waals surface area contributed by atoms with Crippen LogP contribution in [0.4, 0.5) is 0 Å². The molecule has 0 aromatic heterocycles. The molecule has 0 heterocycles. The monoisotopic (exact) mass is 1450 g/mol. The molecule has 0 amide bonds. The summed E-state index contributed by atoms with van der Waals surface area (Å²) in [5.41, 5.74) is 0. The Balaban J connectivity index is 5.21. The smallest absolute Gasteiger partial charge is 0.462 e. The van der Waals surface area contributed by atoms with E-state index in [2.05, 4.69) is 48.5 Å². The fourth-order valence-electron chi connectivity index (χ4n) is 12.3. The Kier molecular flexibility index (Phi) is 69.0. The van der Waals surface area contributed by atoms with Crippen LogP contribution < -0.4 is 0 Å². The molecule has 0 aliphatic carbocycles. The molecule has 3 N–H and O–H groups in total. The quantitative estimate of drug-likeness (QED) is 0.0222. The molecule has 0 aromatic carbocycles. The third-order valence-electron chi connectivity index (χ3n) is 18.6. The van der Waals surface area contributed by atoms with Crippen molar-refractivity contribution in [3.63, 3.8) is 0 Å². The zero-order valence-corrected chi connectivity index (χ0v) is 66.8. The van der Waals surface area contributed by atoms with Crippen LogP contribution in [0, 0.1) is 17.8 Å². The number of carbonyl (C=O) groups is 4. The summed E-state index contributed by atoms with van der Waals surface area (Å²) in [5.74, 6) is 0.214. The highest BCUT2D eigenvalue weighted by molar-refractivity contribution is 7.47. The number of aliphatic hydroxyl groups excluding tert-OH is 1. The van der Waals surface area contributed by atoms with E-state index < -0.39 is 97.5 Å². The number of hydrogen-bond acceptors (Lipinski definition) is 15. The molecular formula is C80H156O17P2. The molecule has 0 aliphatic heterocycles. The number of phosphoric acid groups is 2. The van der Waals surface area contributed by atoms with Crippen LogP contribution in [-0.2, 0) is 65.4 Å². The molecule has 0 rings (SSSR count). The molecule has 17 nitrogen and oxygen atoms in total. The Hall–Kier alpha value is -1.94. The van der Waals surface area contributed by atoms with E-state index in [0.717, 1.165) is 108 Å². The van der Waals surface area contributed by atoms with E-state index in [4.69, 9.17) is 37.0 Å². The summed E-state index contributed by atoms with van der Waals surface area (Å²) in [6, 6.07) is 0. The van der Waals surface area contributed by atoms with Gasteiger partial charge in [-0.15, -0.1) is 0 Å². The van der Waals surface area contributed by atoms with E-state index in [1.165, 1.54) is 218 Å². The van der Waals surface area contributed by atoms with Gasteiger partial charge in [0.05, 0.1) is 26.4 Å². The molecule has 0 aliphatic rings. The van der Waals surface area contributed by atoms with E-state index >= 15 is 0 Å². The molecule has 19 heteroatoms. The van der Waals surface area contributed by atoms with Crippen molar-refractivity contribution in [1.29, 1.82) is 0 Å². The highest BCUT2D eigenvalue weighted by Gasteiger charge is 2.30. The first kappa shape index (κ1) is 97.1. The summed E-state index contributed by atoms with van der Waals surface area (Å²) in [6.07, 6.45) is 58.4. The Bertz CT molecular complexity index is 1920. The van der Waals surface area contributed by atoms with Crippen molar-refractivity contribution in [3.05, 3.63) is 0 Å². The highest BCUT2D eigenvalue weighted by atomic mass is 31.2. The number of aliphatic hydroxyl groups is 1. The van der Waals surface area contributed by atoms with E-state index in [1.807, 2.05) is 0 Å². The lowest BCUT2D eigenvalue weighted by atomic mass is 10.0. The maximum absolute atomic E-state index is 13.1. The van der Waals surface area contributed by atoms with Crippen LogP contribution in [0.15, 0.2) is 0 Å². The molecule has 0 fully saturated rings. The molecule has 0 saturated heterocycles. The third kappa shape index (κ3) is 74.1. The van der Waals surface area contributed by atoms with Gasteiger partial charge in [0.25, 0.3) is 0 Å². The van der Waals surface area contributed by atoms with Crippen LogP contribution in [0.3, 0.4) is 0 Å². The van der Waals surface area contributed by atoms with Gasteiger partial charge in [-0.25, -0.2) is 9.13 Å². The van der Waals surface area contributed by atoms with Gasteiger partial charge in [-0.2, -0.15) is 0 Å². The van der Waals surface area contributed by atoms with Crippen molar-refractivity contribution in [2.24, 2.45) is 17.8 Å². The summed E-state index contributed by atoms with van der Waals surface area (Å²) in [7, 11) is -9.92. The van der Waals surface area contributed by atoms with Crippen molar-refractivity contribution in [1.82, 2.24) is 0 Å². The molecule has 2 unspecified atom stereocenters. The normalized spacial score (nSPS) is 14.0. The first-order valence-corrected chi connectivity index (χ1v) is 44.3.